The van der Waals surface area contributed by atoms with E-state index in [1.165, 1.54) is 6.42 Å². The average molecular weight is 298 g/mol. The Morgan fingerprint density at radius 1 is 1.47 bits per heavy atom. The van der Waals surface area contributed by atoms with Gasteiger partial charge in [-0.25, -0.2) is 4.79 Å². The molecule has 0 radical (unpaired) electrons. The van der Waals surface area contributed by atoms with Gasteiger partial charge in [0.2, 0.25) is 0 Å². The molecule has 2 rings (SSSR count). The molecular weight excluding hydrogens is 282 g/mol. The Morgan fingerprint density at radius 3 is 2.82 bits per heavy atom. The first-order chi connectivity index (χ1) is 8.08. The molecule has 17 heavy (non-hydrogen) atoms. The first kappa shape index (κ1) is 12.4. The van der Waals surface area contributed by atoms with Gasteiger partial charge in [-0.3, -0.25) is 0 Å². The molecule has 2 unspecified atom stereocenters. The van der Waals surface area contributed by atoms with Crippen molar-refractivity contribution in [2.24, 2.45) is 5.92 Å². The highest BCUT2D eigenvalue weighted by Gasteiger charge is 2.23. The van der Waals surface area contributed by atoms with Gasteiger partial charge in [-0.05, 0) is 53.2 Å². The van der Waals surface area contributed by atoms with Gasteiger partial charge in [0.15, 0.2) is 0 Å². The van der Waals surface area contributed by atoms with Crippen LogP contribution in [-0.4, -0.2) is 17.1 Å². The lowest BCUT2D eigenvalue weighted by Crippen LogP contribution is -2.17. The maximum absolute atomic E-state index is 11.2. The minimum absolute atomic E-state index is 0.326. The third-order valence-electron chi connectivity index (χ3n) is 3.28. The summed E-state index contributed by atoms with van der Waals surface area (Å²) in [6.07, 6.45) is 3.45. The maximum Gasteiger partial charge on any atom is 0.338 e. The molecule has 0 spiro atoms. The number of halogens is 1. The maximum atomic E-state index is 11.2. The van der Waals surface area contributed by atoms with Crippen molar-refractivity contribution in [3.8, 4) is 0 Å². The predicted molar refractivity (Wildman–Crippen MR) is 71.5 cm³/mol. The lowest BCUT2D eigenvalue weighted by atomic mass is 10.1. The zero-order valence-electron chi connectivity index (χ0n) is 9.74. The highest BCUT2D eigenvalue weighted by Crippen LogP contribution is 2.30. The second kappa shape index (κ2) is 5.08. The highest BCUT2D eigenvalue weighted by atomic mass is 79.9. The topological polar surface area (TPSA) is 49.3 Å². The molecule has 0 amide bonds. The van der Waals surface area contributed by atoms with Gasteiger partial charge >= 0.3 is 5.97 Å². The van der Waals surface area contributed by atoms with Gasteiger partial charge in [-0.2, -0.15) is 0 Å². The summed E-state index contributed by atoms with van der Waals surface area (Å²) in [4.78, 5) is 11.2. The molecule has 0 bridgehead atoms. The van der Waals surface area contributed by atoms with Crippen LogP contribution in [0.5, 0.6) is 0 Å². The van der Waals surface area contributed by atoms with Gasteiger partial charge in [0.25, 0.3) is 0 Å². The van der Waals surface area contributed by atoms with Gasteiger partial charge in [-0.15, -0.1) is 0 Å². The summed E-state index contributed by atoms with van der Waals surface area (Å²) in [7, 11) is 0. The molecule has 3 nitrogen and oxygen atoms in total. The number of carboxylic acids is 1. The molecule has 1 aliphatic carbocycles. The van der Waals surface area contributed by atoms with Crippen molar-refractivity contribution in [1.29, 1.82) is 0 Å². The molecule has 1 aliphatic rings. The van der Waals surface area contributed by atoms with E-state index in [0.717, 1.165) is 18.8 Å². The number of nitrogens with one attached hydrogen (secondary N) is 1. The molecule has 92 valence electrons. The molecule has 2 N–H and O–H groups in total. The lowest BCUT2D eigenvalue weighted by molar-refractivity contribution is 0.0697. The minimum Gasteiger partial charge on any atom is -0.478 e. The van der Waals surface area contributed by atoms with Crippen molar-refractivity contribution >= 4 is 27.6 Å². The third-order valence-corrected chi connectivity index (χ3v) is 3.94. The van der Waals surface area contributed by atoms with Crippen molar-refractivity contribution < 1.29 is 9.90 Å². The fraction of sp³-hybridized carbons (Fsp3) is 0.462. The van der Waals surface area contributed by atoms with Crippen LogP contribution in [0.3, 0.4) is 0 Å². The molecule has 1 saturated carbocycles. The summed E-state index contributed by atoms with van der Waals surface area (Å²) in [6, 6.07) is 5.85. The number of hydrogen-bond acceptors (Lipinski definition) is 2. The van der Waals surface area contributed by atoms with Crippen LogP contribution in [0.1, 0.15) is 36.5 Å². The summed E-state index contributed by atoms with van der Waals surface area (Å²) in [5.74, 6) is -0.168. The normalized spacial score (nSPS) is 23.6. The molecule has 0 saturated heterocycles. The summed E-state index contributed by atoms with van der Waals surface area (Å²) < 4.78 is 0.626. The van der Waals surface area contributed by atoms with Crippen LogP contribution >= 0.6 is 15.9 Å². The number of carbonyl (C=O) groups is 1. The van der Waals surface area contributed by atoms with E-state index in [0.29, 0.717) is 21.8 Å². The van der Waals surface area contributed by atoms with Gasteiger partial charge in [-0.1, -0.05) is 13.0 Å². The van der Waals surface area contributed by atoms with Gasteiger partial charge in [0, 0.05) is 10.5 Å². The zero-order chi connectivity index (χ0) is 12.4. The number of aromatic carboxylic acids is 1. The largest absolute Gasteiger partial charge is 0.478 e. The van der Waals surface area contributed by atoms with Crippen molar-refractivity contribution in [2.45, 2.75) is 32.2 Å². The van der Waals surface area contributed by atoms with Gasteiger partial charge in [0.05, 0.1) is 11.3 Å². The molecule has 0 aliphatic heterocycles. The lowest BCUT2D eigenvalue weighted by Gasteiger charge is -2.16. The van der Waals surface area contributed by atoms with Crippen LogP contribution in [-0.2, 0) is 0 Å². The van der Waals surface area contributed by atoms with E-state index in [1.807, 2.05) is 12.1 Å². The molecular formula is C13H16BrNO2. The molecule has 1 fully saturated rings. The van der Waals surface area contributed by atoms with Gasteiger partial charge < -0.3 is 10.4 Å². The molecule has 0 heterocycles. The Balaban J connectivity index is 2.20. The van der Waals surface area contributed by atoms with E-state index in [1.54, 1.807) is 6.07 Å². The third kappa shape index (κ3) is 2.80. The zero-order valence-corrected chi connectivity index (χ0v) is 11.3. The van der Waals surface area contributed by atoms with Gasteiger partial charge in [0.1, 0.15) is 0 Å². The van der Waals surface area contributed by atoms with E-state index in [9.17, 15) is 9.90 Å². The average Bonchev–Trinajstić information content (AvgIpc) is 2.63. The molecule has 0 aromatic heterocycles. The summed E-state index contributed by atoms with van der Waals surface area (Å²) in [5, 5.41) is 12.6. The van der Waals surface area contributed by atoms with Crippen molar-refractivity contribution in [1.82, 2.24) is 0 Å². The Bertz CT molecular complexity index is 433. The number of carboxylic acid groups (broad SMARTS) is 1. The van der Waals surface area contributed by atoms with Crippen molar-refractivity contribution in [2.75, 3.05) is 5.32 Å². The highest BCUT2D eigenvalue weighted by molar-refractivity contribution is 9.10. The standard InChI is InChI=1S/C13H16BrNO2/c1-8-5-6-9(7-8)15-11-4-2-3-10(14)12(11)13(16)17/h2-4,8-9,15H,5-7H2,1H3,(H,16,17). The quantitative estimate of drug-likeness (QED) is 0.893. The Hall–Kier alpha value is -1.03. The van der Waals surface area contributed by atoms with Crippen LogP contribution < -0.4 is 5.32 Å². The fourth-order valence-electron chi connectivity index (χ4n) is 2.42. The first-order valence-electron chi connectivity index (χ1n) is 5.86. The van der Waals surface area contributed by atoms with Crippen molar-refractivity contribution in [3.63, 3.8) is 0 Å². The molecule has 1 aromatic rings. The van der Waals surface area contributed by atoms with Crippen LogP contribution in [0.15, 0.2) is 22.7 Å². The summed E-state index contributed by atoms with van der Waals surface area (Å²) in [6.45, 7) is 2.24. The number of hydrogen-bond donors (Lipinski definition) is 2. The number of anilines is 1. The smallest absolute Gasteiger partial charge is 0.338 e. The van der Waals surface area contributed by atoms with Crippen molar-refractivity contribution in [3.05, 3.63) is 28.2 Å². The second-order valence-corrected chi connectivity index (χ2v) is 5.58. The summed E-state index contributed by atoms with van der Waals surface area (Å²) in [5.41, 5.74) is 1.04. The van der Waals surface area contributed by atoms with E-state index in [2.05, 4.69) is 28.2 Å². The minimum atomic E-state index is -0.897. The van der Waals surface area contributed by atoms with Crippen LogP contribution in [0, 0.1) is 5.92 Å². The number of benzene rings is 1. The first-order valence-corrected chi connectivity index (χ1v) is 6.65. The SMILES string of the molecule is CC1CCC(Nc2cccc(Br)c2C(=O)O)C1. The van der Waals surface area contributed by atoms with E-state index in [4.69, 9.17) is 0 Å². The predicted octanol–water partition coefficient (Wildman–Crippen LogP) is 3.75. The second-order valence-electron chi connectivity index (χ2n) is 4.73. The molecule has 4 heteroatoms. The molecule has 1 aromatic carbocycles. The Morgan fingerprint density at radius 2 is 2.24 bits per heavy atom. The summed E-state index contributed by atoms with van der Waals surface area (Å²) >= 11 is 3.29. The number of rotatable bonds is 3. The Kier molecular flexibility index (Phi) is 3.72. The Labute approximate surface area is 109 Å². The van der Waals surface area contributed by atoms with Crippen LogP contribution in [0.25, 0.3) is 0 Å². The monoisotopic (exact) mass is 297 g/mol. The van der Waals surface area contributed by atoms with Crippen LogP contribution in [0.4, 0.5) is 5.69 Å². The van der Waals surface area contributed by atoms with Crippen LogP contribution in [0.2, 0.25) is 0 Å². The molecule has 2 atom stereocenters. The van der Waals surface area contributed by atoms with E-state index < -0.39 is 5.97 Å². The van der Waals surface area contributed by atoms with E-state index >= 15 is 0 Å². The van der Waals surface area contributed by atoms with E-state index in [-0.39, 0.29) is 0 Å². The fourth-order valence-corrected chi connectivity index (χ4v) is 2.96.